The second-order valence-corrected chi connectivity index (χ2v) is 6.60. The van der Waals surface area contributed by atoms with E-state index in [-0.39, 0.29) is 12.5 Å². The Bertz CT molecular complexity index is 577. The van der Waals surface area contributed by atoms with Gasteiger partial charge in [-0.1, -0.05) is 25.1 Å². The minimum atomic E-state index is -0.855. The zero-order valence-electron chi connectivity index (χ0n) is 10.6. The van der Waals surface area contributed by atoms with Gasteiger partial charge in [0.15, 0.2) is 0 Å². The van der Waals surface area contributed by atoms with Crippen LogP contribution in [0.3, 0.4) is 0 Å². The Morgan fingerprint density at radius 2 is 2.16 bits per heavy atom. The molecule has 102 valence electrons. The number of carboxylic acids is 1. The first-order valence-corrected chi connectivity index (χ1v) is 8.03. The molecule has 1 aromatic heterocycles. The van der Waals surface area contributed by atoms with E-state index in [4.69, 9.17) is 5.11 Å². The van der Waals surface area contributed by atoms with Crippen LogP contribution in [0.25, 0.3) is 10.1 Å². The molecule has 0 fully saturated rings. The molecule has 0 aliphatic carbocycles. The van der Waals surface area contributed by atoms with Crippen LogP contribution in [0.4, 0.5) is 0 Å². The third-order valence-electron chi connectivity index (χ3n) is 2.85. The maximum Gasteiger partial charge on any atom is 0.346 e. The largest absolute Gasteiger partial charge is 0.477 e. The van der Waals surface area contributed by atoms with Crippen LogP contribution in [-0.4, -0.2) is 28.5 Å². The quantitative estimate of drug-likeness (QED) is 0.857. The maximum absolute atomic E-state index is 11.3. The van der Waals surface area contributed by atoms with Crippen molar-refractivity contribution in [3.05, 3.63) is 34.7 Å². The highest BCUT2D eigenvalue weighted by molar-refractivity contribution is 7.98. The van der Waals surface area contributed by atoms with Crippen molar-refractivity contribution >= 4 is 39.2 Å². The smallest absolute Gasteiger partial charge is 0.346 e. The van der Waals surface area contributed by atoms with Gasteiger partial charge in [-0.3, -0.25) is 0 Å². The molecule has 3 nitrogen and oxygen atoms in total. The molecule has 0 saturated heterocycles. The lowest BCUT2D eigenvalue weighted by molar-refractivity contribution is 0.0701. The number of thioether (sulfide) groups is 1. The lowest BCUT2D eigenvalue weighted by Crippen LogP contribution is -2.04. The number of aliphatic hydroxyl groups excluding tert-OH is 1. The van der Waals surface area contributed by atoms with E-state index in [1.807, 2.05) is 31.2 Å². The number of benzene rings is 1. The molecule has 0 saturated carbocycles. The summed E-state index contributed by atoms with van der Waals surface area (Å²) in [5.74, 6) is 0.894. The average Bonchev–Trinajstić information content (AvgIpc) is 2.78. The number of carbonyl (C=O) groups is 1. The predicted octanol–water partition coefficient (Wildman–Crippen LogP) is 3.46. The molecular formula is C14H16O3S2. The average molecular weight is 296 g/mol. The van der Waals surface area contributed by atoms with Crippen molar-refractivity contribution in [3.63, 3.8) is 0 Å². The summed E-state index contributed by atoms with van der Waals surface area (Å²) in [5, 5.41) is 19.3. The molecule has 0 aliphatic rings. The fourth-order valence-electron chi connectivity index (χ4n) is 1.83. The molecule has 5 heteroatoms. The van der Waals surface area contributed by atoms with Crippen molar-refractivity contribution in [1.82, 2.24) is 0 Å². The molecule has 1 unspecified atom stereocenters. The van der Waals surface area contributed by atoms with Crippen LogP contribution in [0.15, 0.2) is 24.3 Å². The maximum atomic E-state index is 11.3. The van der Waals surface area contributed by atoms with Gasteiger partial charge < -0.3 is 10.2 Å². The number of thiophene rings is 1. The van der Waals surface area contributed by atoms with Crippen LogP contribution in [0.5, 0.6) is 0 Å². The molecule has 19 heavy (non-hydrogen) atoms. The van der Waals surface area contributed by atoms with Crippen molar-refractivity contribution in [2.45, 2.75) is 12.7 Å². The summed E-state index contributed by atoms with van der Waals surface area (Å²) < 4.78 is 1.02. The first-order valence-electron chi connectivity index (χ1n) is 6.05. The van der Waals surface area contributed by atoms with Gasteiger partial charge >= 0.3 is 5.97 Å². The van der Waals surface area contributed by atoms with Gasteiger partial charge in [0, 0.05) is 17.1 Å². The van der Waals surface area contributed by atoms with Crippen LogP contribution in [0.1, 0.15) is 22.2 Å². The van der Waals surface area contributed by atoms with E-state index in [1.165, 1.54) is 11.3 Å². The molecule has 0 amide bonds. The molecule has 1 heterocycles. The second-order valence-electron chi connectivity index (χ2n) is 4.51. The summed E-state index contributed by atoms with van der Waals surface area (Å²) in [6.07, 6.45) is 0. The molecule has 0 bridgehead atoms. The van der Waals surface area contributed by atoms with Gasteiger partial charge in [0.1, 0.15) is 4.88 Å². The number of rotatable bonds is 6. The van der Waals surface area contributed by atoms with E-state index in [0.29, 0.717) is 10.6 Å². The molecule has 1 atom stereocenters. The van der Waals surface area contributed by atoms with E-state index in [2.05, 4.69) is 0 Å². The number of aliphatic hydroxyl groups is 1. The molecule has 2 aromatic rings. The SMILES string of the molecule is CC(CO)CSCc1c(C(=O)O)sc2ccccc12. The van der Waals surface area contributed by atoms with Gasteiger partial charge in [-0.05, 0) is 28.7 Å². The van der Waals surface area contributed by atoms with Crippen LogP contribution < -0.4 is 0 Å². The molecule has 0 radical (unpaired) electrons. The summed E-state index contributed by atoms with van der Waals surface area (Å²) >= 11 is 3.01. The Balaban J connectivity index is 2.24. The lowest BCUT2D eigenvalue weighted by atomic mass is 10.1. The highest BCUT2D eigenvalue weighted by atomic mass is 32.2. The van der Waals surface area contributed by atoms with Crippen molar-refractivity contribution in [3.8, 4) is 0 Å². The van der Waals surface area contributed by atoms with Crippen molar-refractivity contribution in [1.29, 1.82) is 0 Å². The Labute approximate surface area is 120 Å². The van der Waals surface area contributed by atoms with Gasteiger partial charge in [0.2, 0.25) is 0 Å². The third-order valence-corrected chi connectivity index (χ3v) is 5.35. The predicted molar refractivity (Wildman–Crippen MR) is 81.2 cm³/mol. The van der Waals surface area contributed by atoms with E-state index >= 15 is 0 Å². The number of fused-ring (bicyclic) bond motifs is 1. The Morgan fingerprint density at radius 1 is 1.42 bits per heavy atom. The summed E-state index contributed by atoms with van der Waals surface area (Å²) in [4.78, 5) is 11.7. The number of hydrogen-bond donors (Lipinski definition) is 2. The fraction of sp³-hybridized carbons (Fsp3) is 0.357. The Morgan fingerprint density at radius 3 is 2.84 bits per heavy atom. The van der Waals surface area contributed by atoms with Gasteiger partial charge in [-0.15, -0.1) is 11.3 Å². The van der Waals surface area contributed by atoms with Crippen molar-refractivity contribution < 1.29 is 15.0 Å². The standard InChI is InChI=1S/C14H16O3S2/c1-9(6-15)7-18-8-11-10-4-2-3-5-12(10)19-13(11)14(16)17/h2-5,9,15H,6-8H2,1H3,(H,16,17). The summed E-state index contributed by atoms with van der Waals surface area (Å²) in [6.45, 7) is 2.15. The zero-order valence-corrected chi connectivity index (χ0v) is 12.3. The topological polar surface area (TPSA) is 57.5 Å². The normalized spacial score (nSPS) is 12.7. The Kier molecular flexibility index (Phi) is 4.85. The van der Waals surface area contributed by atoms with Crippen LogP contribution >= 0.6 is 23.1 Å². The van der Waals surface area contributed by atoms with Crippen molar-refractivity contribution in [2.24, 2.45) is 5.92 Å². The molecule has 2 rings (SSSR count). The molecule has 0 aliphatic heterocycles. The zero-order chi connectivity index (χ0) is 13.8. The van der Waals surface area contributed by atoms with Gasteiger partial charge in [-0.2, -0.15) is 11.8 Å². The molecule has 0 spiro atoms. The van der Waals surface area contributed by atoms with Crippen LogP contribution in [-0.2, 0) is 5.75 Å². The third kappa shape index (κ3) is 3.29. The Hall–Kier alpha value is -1.04. The fourth-order valence-corrected chi connectivity index (χ4v) is 4.11. The first kappa shape index (κ1) is 14.4. The highest BCUT2D eigenvalue weighted by Crippen LogP contribution is 2.34. The van der Waals surface area contributed by atoms with E-state index < -0.39 is 5.97 Å². The minimum Gasteiger partial charge on any atom is -0.477 e. The number of carboxylic acid groups (broad SMARTS) is 1. The highest BCUT2D eigenvalue weighted by Gasteiger charge is 2.17. The lowest BCUT2D eigenvalue weighted by Gasteiger charge is -2.07. The van der Waals surface area contributed by atoms with E-state index in [1.54, 1.807) is 11.8 Å². The number of aromatic carboxylic acids is 1. The molecular weight excluding hydrogens is 280 g/mol. The summed E-state index contributed by atoms with van der Waals surface area (Å²) in [7, 11) is 0. The number of hydrogen-bond acceptors (Lipinski definition) is 4. The van der Waals surface area contributed by atoms with E-state index in [0.717, 1.165) is 21.4 Å². The van der Waals surface area contributed by atoms with Gasteiger partial charge in [0.05, 0.1) is 0 Å². The monoisotopic (exact) mass is 296 g/mol. The molecule has 2 N–H and O–H groups in total. The molecule has 1 aromatic carbocycles. The van der Waals surface area contributed by atoms with Gasteiger partial charge in [-0.25, -0.2) is 4.79 Å². The van der Waals surface area contributed by atoms with E-state index in [9.17, 15) is 9.90 Å². The summed E-state index contributed by atoms with van der Waals surface area (Å²) in [6, 6.07) is 7.79. The minimum absolute atomic E-state index is 0.170. The van der Waals surface area contributed by atoms with Gasteiger partial charge in [0.25, 0.3) is 0 Å². The second kappa shape index (κ2) is 6.41. The summed E-state index contributed by atoms with van der Waals surface area (Å²) in [5.41, 5.74) is 0.906. The van der Waals surface area contributed by atoms with Crippen molar-refractivity contribution in [2.75, 3.05) is 12.4 Å². The van der Waals surface area contributed by atoms with Crippen LogP contribution in [0, 0.1) is 5.92 Å². The first-order chi connectivity index (χ1) is 9.13. The van der Waals surface area contributed by atoms with Crippen LogP contribution in [0.2, 0.25) is 0 Å².